The summed E-state index contributed by atoms with van der Waals surface area (Å²) in [4.78, 5) is 6.87. The Kier molecular flexibility index (Phi) is 3.51. The maximum atomic E-state index is 8.76. The Bertz CT molecular complexity index is 752. The molecule has 4 rings (SSSR count). The number of rotatable bonds is 3. The molecular formula is C18H17N3O2. The van der Waals surface area contributed by atoms with Gasteiger partial charge in [-0.15, -0.1) is 0 Å². The Morgan fingerprint density at radius 1 is 1.22 bits per heavy atom. The Balaban J connectivity index is 1.60. The van der Waals surface area contributed by atoms with Crippen LogP contribution in [-0.4, -0.2) is 18.3 Å². The van der Waals surface area contributed by atoms with Crippen molar-refractivity contribution in [3.63, 3.8) is 0 Å². The van der Waals surface area contributed by atoms with E-state index in [1.807, 2.05) is 18.2 Å². The highest BCUT2D eigenvalue weighted by Crippen LogP contribution is 2.40. The molecule has 5 nitrogen and oxygen atoms in total. The summed E-state index contributed by atoms with van der Waals surface area (Å²) in [5, 5.41) is 8.76. The van der Waals surface area contributed by atoms with Crippen LogP contribution >= 0.6 is 0 Å². The van der Waals surface area contributed by atoms with Crippen molar-refractivity contribution < 1.29 is 9.47 Å². The van der Waals surface area contributed by atoms with Gasteiger partial charge >= 0.3 is 0 Å². The molecule has 0 unspecified atom stereocenters. The maximum Gasteiger partial charge on any atom is 0.231 e. The van der Waals surface area contributed by atoms with E-state index in [0.717, 1.165) is 42.3 Å². The second-order valence-electron chi connectivity index (χ2n) is 5.82. The van der Waals surface area contributed by atoms with Crippen LogP contribution in [0.15, 0.2) is 36.5 Å². The van der Waals surface area contributed by atoms with E-state index in [0.29, 0.717) is 19.3 Å². The number of ether oxygens (including phenoxy) is 2. The number of aromatic nitrogens is 1. The molecule has 5 heteroatoms. The number of nitriles is 1. The molecule has 0 amide bonds. The van der Waals surface area contributed by atoms with Gasteiger partial charge in [0.2, 0.25) is 6.79 Å². The Labute approximate surface area is 135 Å². The van der Waals surface area contributed by atoms with Gasteiger partial charge in [0.1, 0.15) is 5.82 Å². The molecule has 0 radical (unpaired) electrons. The quantitative estimate of drug-likeness (QED) is 0.871. The van der Waals surface area contributed by atoms with Crippen LogP contribution < -0.4 is 14.4 Å². The van der Waals surface area contributed by atoms with Crippen LogP contribution in [0, 0.1) is 11.3 Å². The molecule has 0 aliphatic carbocycles. The molecule has 1 saturated heterocycles. The zero-order valence-electron chi connectivity index (χ0n) is 12.7. The van der Waals surface area contributed by atoms with Crippen molar-refractivity contribution in [1.29, 1.82) is 5.26 Å². The summed E-state index contributed by atoms with van der Waals surface area (Å²) in [7, 11) is 0. The largest absolute Gasteiger partial charge is 0.454 e. The van der Waals surface area contributed by atoms with Crippen molar-refractivity contribution in [2.24, 2.45) is 0 Å². The summed E-state index contributed by atoms with van der Waals surface area (Å²) in [5.74, 6) is 2.61. The van der Waals surface area contributed by atoms with E-state index < -0.39 is 0 Å². The first-order chi connectivity index (χ1) is 11.3. The number of benzene rings is 1. The zero-order chi connectivity index (χ0) is 15.6. The first-order valence-corrected chi connectivity index (χ1v) is 7.83. The highest BCUT2D eigenvalue weighted by Gasteiger charge is 2.28. The van der Waals surface area contributed by atoms with Gasteiger partial charge in [0.05, 0.1) is 18.5 Å². The number of hydrogen-bond donors (Lipinski definition) is 0. The third-order valence-corrected chi connectivity index (χ3v) is 4.42. The second kappa shape index (κ2) is 5.81. The van der Waals surface area contributed by atoms with Gasteiger partial charge in [-0.25, -0.2) is 4.98 Å². The fourth-order valence-electron chi connectivity index (χ4n) is 3.29. The molecule has 2 aliphatic rings. The molecule has 0 bridgehead atoms. The van der Waals surface area contributed by atoms with E-state index in [1.54, 1.807) is 6.20 Å². The standard InChI is InChI=1S/C18H17N3O2/c19-8-7-13-3-6-18(20-11-13)21-9-1-2-15(21)14-4-5-16-17(10-14)23-12-22-16/h3-6,10-11,15H,1-2,7,9,12H2/t15-/m0/s1. The molecule has 0 saturated carbocycles. The lowest BCUT2D eigenvalue weighted by molar-refractivity contribution is 0.174. The molecule has 116 valence electrons. The second-order valence-corrected chi connectivity index (χ2v) is 5.82. The van der Waals surface area contributed by atoms with Gasteiger partial charge in [0.25, 0.3) is 0 Å². The Morgan fingerprint density at radius 2 is 2.13 bits per heavy atom. The third kappa shape index (κ3) is 2.57. The fourth-order valence-corrected chi connectivity index (χ4v) is 3.29. The number of anilines is 1. The van der Waals surface area contributed by atoms with E-state index in [1.165, 1.54) is 5.56 Å². The van der Waals surface area contributed by atoms with E-state index >= 15 is 0 Å². The lowest BCUT2D eigenvalue weighted by Crippen LogP contribution is -2.23. The van der Waals surface area contributed by atoms with Gasteiger partial charge < -0.3 is 14.4 Å². The molecule has 2 aliphatic heterocycles. The summed E-state index contributed by atoms with van der Waals surface area (Å²) in [6, 6.07) is 12.6. The van der Waals surface area contributed by atoms with E-state index in [2.05, 4.69) is 28.1 Å². The molecule has 1 aromatic heterocycles. The molecule has 0 spiro atoms. The smallest absolute Gasteiger partial charge is 0.231 e. The summed E-state index contributed by atoms with van der Waals surface area (Å²) in [6.45, 7) is 1.29. The van der Waals surface area contributed by atoms with Crippen molar-refractivity contribution in [2.75, 3.05) is 18.2 Å². The Morgan fingerprint density at radius 3 is 2.96 bits per heavy atom. The van der Waals surface area contributed by atoms with Gasteiger partial charge in [0, 0.05) is 12.7 Å². The highest BCUT2D eigenvalue weighted by molar-refractivity contribution is 5.50. The topological polar surface area (TPSA) is 58.4 Å². The third-order valence-electron chi connectivity index (χ3n) is 4.42. The van der Waals surface area contributed by atoms with Gasteiger partial charge in [-0.05, 0) is 42.2 Å². The van der Waals surface area contributed by atoms with Crippen molar-refractivity contribution in [3.05, 3.63) is 47.7 Å². The first kappa shape index (κ1) is 13.9. The molecule has 23 heavy (non-hydrogen) atoms. The molecule has 1 fully saturated rings. The number of hydrogen-bond acceptors (Lipinski definition) is 5. The van der Waals surface area contributed by atoms with Crippen molar-refractivity contribution in [3.8, 4) is 17.6 Å². The molecule has 0 N–H and O–H groups in total. The summed E-state index contributed by atoms with van der Waals surface area (Å²) in [6.07, 6.45) is 4.44. The number of nitrogens with zero attached hydrogens (tertiary/aromatic N) is 3. The number of fused-ring (bicyclic) bond motifs is 1. The van der Waals surface area contributed by atoms with Crippen molar-refractivity contribution in [1.82, 2.24) is 4.98 Å². The van der Waals surface area contributed by atoms with Crippen LogP contribution in [-0.2, 0) is 6.42 Å². The van der Waals surface area contributed by atoms with Crippen LogP contribution in [0.25, 0.3) is 0 Å². The van der Waals surface area contributed by atoms with Gasteiger partial charge in [-0.3, -0.25) is 0 Å². The van der Waals surface area contributed by atoms with Crippen LogP contribution in [0.2, 0.25) is 0 Å². The minimum Gasteiger partial charge on any atom is -0.454 e. The van der Waals surface area contributed by atoms with Crippen LogP contribution in [0.5, 0.6) is 11.5 Å². The zero-order valence-corrected chi connectivity index (χ0v) is 12.7. The summed E-state index contributed by atoms with van der Waals surface area (Å²) < 4.78 is 10.9. The summed E-state index contributed by atoms with van der Waals surface area (Å²) >= 11 is 0. The fraction of sp³-hybridized carbons (Fsp3) is 0.333. The van der Waals surface area contributed by atoms with Gasteiger partial charge in [-0.2, -0.15) is 5.26 Å². The molecule has 3 heterocycles. The van der Waals surface area contributed by atoms with E-state index in [4.69, 9.17) is 14.7 Å². The van der Waals surface area contributed by atoms with Crippen LogP contribution in [0.3, 0.4) is 0 Å². The SMILES string of the molecule is N#CCc1ccc(N2CCC[C@H]2c2ccc3c(c2)OCO3)nc1. The van der Waals surface area contributed by atoms with Gasteiger partial charge in [0.15, 0.2) is 11.5 Å². The minimum absolute atomic E-state index is 0.301. The highest BCUT2D eigenvalue weighted by atomic mass is 16.7. The summed E-state index contributed by atoms with van der Waals surface area (Å²) in [5.41, 5.74) is 2.18. The van der Waals surface area contributed by atoms with Crippen molar-refractivity contribution >= 4 is 5.82 Å². The maximum absolute atomic E-state index is 8.76. The normalized spacial score (nSPS) is 18.9. The van der Waals surface area contributed by atoms with Gasteiger partial charge in [-0.1, -0.05) is 12.1 Å². The molecule has 1 atom stereocenters. The Hall–Kier alpha value is -2.74. The van der Waals surface area contributed by atoms with E-state index in [9.17, 15) is 0 Å². The molecular weight excluding hydrogens is 290 g/mol. The van der Waals surface area contributed by atoms with Crippen molar-refractivity contribution in [2.45, 2.75) is 25.3 Å². The average molecular weight is 307 g/mol. The average Bonchev–Trinajstić information content (AvgIpc) is 3.24. The van der Waals surface area contributed by atoms with E-state index in [-0.39, 0.29) is 0 Å². The molecule has 2 aromatic rings. The van der Waals surface area contributed by atoms with Crippen LogP contribution in [0.4, 0.5) is 5.82 Å². The molecule has 1 aromatic carbocycles. The predicted octanol–water partition coefficient (Wildman–Crippen LogP) is 3.22. The van der Waals surface area contributed by atoms with Crippen LogP contribution in [0.1, 0.15) is 30.0 Å². The number of pyridine rings is 1. The lowest BCUT2D eigenvalue weighted by Gasteiger charge is -2.26. The first-order valence-electron chi connectivity index (χ1n) is 7.83. The lowest BCUT2D eigenvalue weighted by atomic mass is 10.0. The predicted molar refractivity (Wildman–Crippen MR) is 85.4 cm³/mol. The monoisotopic (exact) mass is 307 g/mol. The minimum atomic E-state index is 0.301.